The highest BCUT2D eigenvalue weighted by molar-refractivity contribution is 8.00. The van der Waals surface area contributed by atoms with Crippen molar-refractivity contribution in [2.45, 2.75) is 31.9 Å². The highest BCUT2D eigenvalue weighted by Gasteiger charge is 2.22. The molecule has 0 saturated heterocycles. The molecule has 110 valence electrons. The number of rotatable bonds is 7. The lowest BCUT2D eigenvalue weighted by Crippen LogP contribution is -2.21. The number of thioether (sulfide) groups is 1. The SMILES string of the molecule is CCCCSC(C)C(=O)Oc1cc(F)ccc1[N+](=O)[O-]. The van der Waals surface area contributed by atoms with Gasteiger partial charge in [0.1, 0.15) is 11.1 Å². The van der Waals surface area contributed by atoms with E-state index in [0.717, 1.165) is 36.8 Å². The highest BCUT2D eigenvalue weighted by atomic mass is 32.2. The molecule has 1 rings (SSSR count). The maximum atomic E-state index is 13.1. The van der Waals surface area contributed by atoms with Crippen molar-refractivity contribution in [2.75, 3.05) is 5.75 Å². The summed E-state index contributed by atoms with van der Waals surface area (Å²) < 4.78 is 18.0. The Labute approximate surface area is 120 Å². The van der Waals surface area contributed by atoms with Crippen LogP contribution in [-0.2, 0) is 4.79 Å². The van der Waals surface area contributed by atoms with Crippen molar-refractivity contribution in [1.82, 2.24) is 0 Å². The first-order valence-corrected chi connectivity index (χ1v) is 7.27. The molecule has 1 atom stereocenters. The molecule has 7 heteroatoms. The van der Waals surface area contributed by atoms with Crippen LogP contribution in [0.2, 0.25) is 0 Å². The summed E-state index contributed by atoms with van der Waals surface area (Å²) in [5, 5.41) is 10.3. The molecular formula is C13H16FNO4S. The topological polar surface area (TPSA) is 69.4 Å². The summed E-state index contributed by atoms with van der Waals surface area (Å²) in [5.41, 5.74) is -0.425. The molecule has 0 aliphatic heterocycles. The number of esters is 1. The van der Waals surface area contributed by atoms with Crippen LogP contribution in [0.15, 0.2) is 18.2 Å². The minimum absolute atomic E-state index is 0.358. The van der Waals surface area contributed by atoms with Crippen molar-refractivity contribution in [3.8, 4) is 5.75 Å². The van der Waals surface area contributed by atoms with Crippen LogP contribution in [0.5, 0.6) is 5.75 Å². The molecule has 0 heterocycles. The van der Waals surface area contributed by atoms with E-state index in [2.05, 4.69) is 0 Å². The van der Waals surface area contributed by atoms with Crippen LogP contribution in [0.25, 0.3) is 0 Å². The van der Waals surface area contributed by atoms with Crippen LogP contribution in [0.4, 0.5) is 10.1 Å². The Morgan fingerprint density at radius 3 is 2.85 bits per heavy atom. The van der Waals surface area contributed by atoms with Crippen LogP contribution < -0.4 is 4.74 Å². The number of halogens is 1. The van der Waals surface area contributed by atoms with Gasteiger partial charge in [-0.25, -0.2) is 4.39 Å². The number of carbonyl (C=O) groups excluding carboxylic acids is 1. The number of hydrogen-bond acceptors (Lipinski definition) is 5. The maximum Gasteiger partial charge on any atom is 0.324 e. The molecule has 0 saturated carbocycles. The molecule has 0 bridgehead atoms. The quantitative estimate of drug-likeness (QED) is 0.253. The normalized spacial score (nSPS) is 11.9. The van der Waals surface area contributed by atoms with Crippen molar-refractivity contribution in [1.29, 1.82) is 0 Å². The van der Waals surface area contributed by atoms with E-state index in [1.54, 1.807) is 6.92 Å². The van der Waals surface area contributed by atoms with Crippen LogP contribution in [-0.4, -0.2) is 21.9 Å². The van der Waals surface area contributed by atoms with E-state index in [-0.39, 0.29) is 5.75 Å². The standard InChI is InChI=1S/C13H16FNO4S/c1-3-4-7-20-9(2)13(16)19-12-8-10(14)5-6-11(12)15(17)18/h5-6,8-9H,3-4,7H2,1-2H3. The van der Waals surface area contributed by atoms with Crippen LogP contribution in [0.3, 0.4) is 0 Å². The molecule has 0 radical (unpaired) electrons. The summed E-state index contributed by atoms with van der Waals surface area (Å²) in [7, 11) is 0. The molecule has 5 nitrogen and oxygen atoms in total. The molecule has 20 heavy (non-hydrogen) atoms. The van der Waals surface area contributed by atoms with Crippen LogP contribution in [0.1, 0.15) is 26.7 Å². The molecular weight excluding hydrogens is 285 g/mol. The Hall–Kier alpha value is -1.63. The largest absolute Gasteiger partial charge is 0.418 e. The molecule has 0 N–H and O–H groups in total. The van der Waals surface area contributed by atoms with E-state index >= 15 is 0 Å². The van der Waals surface area contributed by atoms with Crippen molar-refractivity contribution in [3.05, 3.63) is 34.1 Å². The average Bonchev–Trinajstić information content (AvgIpc) is 2.38. The number of nitrogens with zero attached hydrogens (tertiary/aromatic N) is 1. The third-order valence-corrected chi connectivity index (χ3v) is 3.74. The number of hydrogen-bond donors (Lipinski definition) is 0. The Balaban J connectivity index is 2.74. The fraction of sp³-hybridized carbons (Fsp3) is 0.462. The zero-order valence-electron chi connectivity index (χ0n) is 11.3. The third-order valence-electron chi connectivity index (χ3n) is 2.53. The molecule has 0 amide bonds. The van der Waals surface area contributed by atoms with Gasteiger partial charge in [0, 0.05) is 12.1 Å². The number of ether oxygens (including phenoxy) is 1. The van der Waals surface area contributed by atoms with E-state index in [1.165, 1.54) is 11.8 Å². The van der Waals surface area contributed by atoms with Crippen LogP contribution in [0, 0.1) is 15.9 Å². The van der Waals surface area contributed by atoms with E-state index in [0.29, 0.717) is 0 Å². The van der Waals surface area contributed by atoms with Crippen molar-refractivity contribution in [2.24, 2.45) is 0 Å². The summed E-state index contributed by atoms with van der Waals surface area (Å²) in [6.07, 6.45) is 1.99. The lowest BCUT2D eigenvalue weighted by Gasteiger charge is -2.10. The van der Waals surface area contributed by atoms with Gasteiger partial charge in [0.05, 0.1) is 4.92 Å². The monoisotopic (exact) mass is 301 g/mol. The smallest absolute Gasteiger partial charge is 0.324 e. The zero-order chi connectivity index (χ0) is 15.1. The summed E-state index contributed by atoms with van der Waals surface area (Å²) in [6.45, 7) is 3.70. The van der Waals surface area contributed by atoms with Gasteiger partial charge in [0.25, 0.3) is 0 Å². The van der Waals surface area contributed by atoms with Gasteiger partial charge in [-0.1, -0.05) is 13.3 Å². The van der Waals surface area contributed by atoms with Crippen molar-refractivity contribution >= 4 is 23.4 Å². The fourth-order valence-electron chi connectivity index (χ4n) is 1.38. The number of nitro benzene ring substituents is 1. The second-order valence-corrected chi connectivity index (χ2v) is 5.61. The second-order valence-electron chi connectivity index (χ2n) is 4.16. The van der Waals surface area contributed by atoms with Gasteiger partial charge in [0.15, 0.2) is 0 Å². The van der Waals surface area contributed by atoms with Gasteiger partial charge in [-0.15, -0.1) is 11.8 Å². The minimum atomic E-state index is -0.711. The van der Waals surface area contributed by atoms with Gasteiger partial charge < -0.3 is 4.74 Å². The predicted molar refractivity (Wildman–Crippen MR) is 75.5 cm³/mol. The van der Waals surface area contributed by atoms with Gasteiger partial charge in [-0.05, 0) is 25.2 Å². The van der Waals surface area contributed by atoms with E-state index in [4.69, 9.17) is 4.74 Å². The molecule has 0 spiro atoms. The van der Waals surface area contributed by atoms with Gasteiger partial charge in [-0.3, -0.25) is 14.9 Å². The molecule has 0 aliphatic rings. The van der Waals surface area contributed by atoms with Gasteiger partial charge >= 0.3 is 11.7 Å². The van der Waals surface area contributed by atoms with Crippen molar-refractivity contribution in [3.63, 3.8) is 0 Å². The minimum Gasteiger partial charge on any atom is -0.418 e. The Morgan fingerprint density at radius 1 is 1.55 bits per heavy atom. The van der Waals surface area contributed by atoms with E-state index in [9.17, 15) is 19.3 Å². The van der Waals surface area contributed by atoms with E-state index < -0.39 is 27.6 Å². The molecule has 1 aromatic rings. The Morgan fingerprint density at radius 2 is 2.25 bits per heavy atom. The summed E-state index contributed by atoms with van der Waals surface area (Å²) in [6, 6.07) is 2.78. The number of unbranched alkanes of at least 4 members (excludes halogenated alkanes) is 1. The average molecular weight is 301 g/mol. The number of carbonyl (C=O) groups is 1. The molecule has 1 aromatic carbocycles. The van der Waals surface area contributed by atoms with Gasteiger partial charge in [0.2, 0.25) is 5.75 Å². The first kappa shape index (κ1) is 16.4. The third kappa shape index (κ3) is 4.80. The maximum absolute atomic E-state index is 13.1. The number of benzene rings is 1. The van der Waals surface area contributed by atoms with Gasteiger partial charge in [-0.2, -0.15) is 0 Å². The highest BCUT2D eigenvalue weighted by Crippen LogP contribution is 2.28. The van der Waals surface area contributed by atoms with E-state index in [1.807, 2.05) is 6.92 Å². The molecule has 0 fully saturated rings. The Kier molecular flexibility index (Phi) is 6.44. The predicted octanol–water partition coefficient (Wildman–Crippen LogP) is 3.56. The van der Waals surface area contributed by atoms with Crippen molar-refractivity contribution < 1.29 is 18.8 Å². The summed E-state index contributed by atoms with van der Waals surface area (Å²) >= 11 is 1.41. The summed E-state index contributed by atoms with van der Waals surface area (Å²) in [4.78, 5) is 21.9. The van der Waals surface area contributed by atoms with Crippen LogP contribution >= 0.6 is 11.8 Å². The molecule has 1 unspecified atom stereocenters. The zero-order valence-corrected chi connectivity index (χ0v) is 12.1. The molecule has 0 aliphatic carbocycles. The lowest BCUT2D eigenvalue weighted by molar-refractivity contribution is -0.385. The lowest BCUT2D eigenvalue weighted by atomic mass is 10.3. The first-order valence-electron chi connectivity index (χ1n) is 6.23. The second kappa shape index (κ2) is 7.84. The molecule has 0 aromatic heterocycles. The Bertz CT molecular complexity index is 495. The summed E-state index contributed by atoms with van der Waals surface area (Å²) in [5.74, 6) is -0.856. The fourth-order valence-corrected chi connectivity index (χ4v) is 2.38. The number of nitro groups is 1. The first-order chi connectivity index (χ1) is 9.45.